The van der Waals surface area contributed by atoms with Crippen LogP contribution in [0.15, 0.2) is 0 Å². The van der Waals surface area contributed by atoms with Crippen LogP contribution in [0.5, 0.6) is 0 Å². The topological polar surface area (TPSA) is 93.7 Å². The van der Waals surface area contributed by atoms with E-state index >= 15 is 0 Å². The molecule has 2 saturated heterocycles. The van der Waals surface area contributed by atoms with E-state index in [0.717, 1.165) is 38.8 Å². The van der Waals surface area contributed by atoms with Gasteiger partial charge in [-0.1, -0.05) is 0 Å². The molecule has 0 radical (unpaired) electrons. The minimum absolute atomic E-state index is 0.0591. The van der Waals surface area contributed by atoms with Gasteiger partial charge in [0.05, 0.1) is 11.5 Å². The van der Waals surface area contributed by atoms with E-state index in [1.807, 2.05) is 4.90 Å². The number of H-pyrrole nitrogens is 1. The second-order valence-corrected chi connectivity index (χ2v) is 7.41. The van der Waals surface area contributed by atoms with Crippen molar-refractivity contribution in [2.75, 3.05) is 26.2 Å². The van der Waals surface area contributed by atoms with Crippen molar-refractivity contribution in [2.45, 2.75) is 46.0 Å². The van der Waals surface area contributed by atoms with Crippen molar-refractivity contribution in [1.82, 2.24) is 14.8 Å². The van der Waals surface area contributed by atoms with E-state index in [9.17, 15) is 19.5 Å². The van der Waals surface area contributed by atoms with Gasteiger partial charge in [0.2, 0.25) is 5.91 Å². The molecular formula is C19H27N3O4. The Balaban J connectivity index is 1.74. The summed E-state index contributed by atoms with van der Waals surface area (Å²) in [6.07, 6.45) is 4.90. The van der Waals surface area contributed by atoms with E-state index < -0.39 is 5.97 Å². The number of carbonyl (C=O) groups excluding carboxylic acids is 2. The zero-order valence-electron chi connectivity index (χ0n) is 15.5. The highest BCUT2D eigenvalue weighted by Gasteiger charge is 2.33. The molecule has 142 valence electrons. The number of carbonyl (C=O) groups is 3. The standard InChI is InChI=1S/C19H27N3O4/c1-12-15(13(2)20-16(12)19(25)26)18(24)22-10-6-7-14(11-22)17(23)21-8-4-3-5-9-21/h14,20H,3-11H2,1-2H3,(H,25,26)/t14-/m0/s1. The Morgan fingerprint density at radius 1 is 1.00 bits per heavy atom. The number of piperidine rings is 2. The smallest absolute Gasteiger partial charge is 0.352 e. The first-order chi connectivity index (χ1) is 12.4. The highest BCUT2D eigenvalue weighted by molar-refractivity contribution is 6.01. The van der Waals surface area contributed by atoms with E-state index in [-0.39, 0.29) is 23.4 Å². The number of nitrogens with zero attached hydrogens (tertiary/aromatic N) is 2. The molecule has 2 N–H and O–H groups in total. The van der Waals surface area contributed by atoms with Crippen molar-refractivity contribution in [3.05, 3.63) is 22.5 Å². The van der Waals surface area contributed by atoms with E-state index in [2.05, 4.69) is 4.98 Å². The number of nitrogens with one attached hydrogen (secondary N) is 1. The molecule has 2 amide bonds. The number of carboxylic acid groups (broad SMARTS) is 1. The number of rotatable bonds is 3. The lowest BCUT2D eigenvalue weighted by Gasteiger charge is -2.36. The number of hydrogen-bond acceptors (Lipinski definition) is 3. The predicted molar refractivity (Wildman–Crippen MR) is 96.3 cm³/mol. The molecule has 0 bridgehead atoms. The van der Waals surface area contributed by atoms with Crippen LogP contribution >= 0.6 is 0 Å². The Morgan fingerprint density at radius 3 is 2.27 bits per heavy atom. The lowest BCUT2D eigenvalue weighted by molar-refractivity contribution is -0.137. The summed E-state index contributed by atoms with van der Waals surface area (Å²) in [5.74, 6) is -1.23. The molecule has 7 nitrogen and oxygen atoms in total. The fourth-order valence-electron chi connectivity index (χ4n) is 4.18. The van der Waals surface area contributed by atoms with Crippen LogP contribution in [-0.2, 0) is 4.79 Å². The van der Waals surface area contributed by atoms with Crippen molar-refractivity contribution in [1.29, 1.82) is 0 Å². The molecular weight excluding hydrogens is 334 g/mol. The lowest BCUT2D eigenvalue weighted by Crippen LogP contribution is -2.48. The maximum absolute atomic E-state index is 13.0. The van der Waals surface area contributed by atoms with Crippen molar-refractivity contribution < 1.29 is 19.5 Å². The molecule has 3 heterocycles. The molecule has 3 rings (SSSR count). The first-order valence-electron chi connectivity index (χ1n) is 9.40. The summed E-state index contributed by atoms with van der Waals surface area (Å²) in [6, 6.07) is 0. The molecule has 0 saturated carbocycles. The number of hydrogen-bond donors (Lipinski definition) is 2. The van der Waals surface area contributed by atoms with Gasteiger partial charge in [-0.25, -0.2) is 4.79 Å². The van der Waals surface area contributed by atoms with Gasteiger partial charge < -0.3 is 19.9 Å². The second kappa shape index (κ2) is 7.51. The van der Waals surface area contributed by atoms with E-state index in [0.29, 0.717) is 29.9 Å². The zero-order valence-corrected chi connectivity index (χ0v) is 15.5. The van der Waals surface area contributed by atoms with Gasteiger partial charge in [0, 0.05) is 31.9 Å². The van der Waals surface area contributed by atoms with Crippen LogP contribution in [-0.4, -0.2) is 63.9 Å². The lowest BCUT2D eigenvalue weighted by atomic mass is 9.94. The SMILES string of the molecule is Cc1[nH]c(C(=O)O)c(C)c1C(=O)N1CCC[C@H](C(=O)N2CCCCC2)C1. The molecule has 0 aliphatic carbocycles. The third-order valence-electron chi connectivity index (χ3n) is 5.59. The fourth-order valence-corrected chi connectivity index (χ4v) is 4.18. The van der Waals surface area contributed by atoms with E-state index in [4.69, 9.17) is 0 Å². The number of aryl methyl sites for hydroxylation is 1. The first kappa shape index (κ1) is 18.5. The first-order valence-corrected chi connectivity index (χ1v) is 9.40. The number of amides is 2. The number of aromatic amines is 1. The molecule has 0 unspecified atom stereocenters. The van der Waals surface area contributed by atoms with Gasteiger partial charge in [0.15, 0.2) is 0 Å². The average molecular weight is 361 g/mol. The quantitative estimate of drug-likeness (QED) is 0.863. The molecule has 1 aromatic rings. The molecule has 2 aliphatic heterocycles. The van der Waals surface area contributed by atoms with E-state index in [1.54, 1.807) is 18.7 Å². The normalized spacial score (nSPS) is 20.9. The Labute approximate surface area is 153 Å². The average Bonchev–Trinajstić information content (AvgIpc) is 2.96. The monoisotopic (exact) mass is 361 g/mol. The van der Waals surface area contributed by atoms with Crippen LogP contribution in [0, 0.1) is 19.8 Å². The van der Waals surface area contributed by atoms with E-state index in [1.165, 1.54) is 6.42 Å². The van der Waals surface area contributed by atoms with Crippen LogP contribution in [0.25, 0.3) is 0 Å². The maximum Gasteiger partial charge on any atom is 0.352 e. The molecule has 2 aliphatic rings. The minimum Gasteiger partial charge on any atom is -0.477 e. The molecule has 0 aromatic carbocycles. The molecule has 7 heteroatoms. The summed E-state index contributed by atoms with van der Waals surface area (Å²) in [5, 5.41) is 9.25. The minimum atomic E-state index is -1.07. The summed E-state index contributed by atoms with van der Waals surface area (Å²) >= 11 is 0. The number of carboxylic acids is 1. The van der Waals surface area contributed by atoms with Crippen LogP contribution in [0.4, 0.5) is 0 Å². The molecule has 2 fully saturated rings. The molecule has 0 spiro atoms. The Kier molecular flexibility index (Phi) is 5.34. The highest BCUT2D eigenvalue weighted by atomic mass is 16.4. The Hall–Kier alpha value is -2.31. The van der Waals surface area contributed by atoms with Crippen LogP contribution < -0.4 is 0 Å². The number of aromatic carboxylic acids is 1. The van der Waals surface area contributed by atoms with Gasteiger partial charge in [0.1, 0.15) is 5.69 Å². The van der Waals surface area contributed by atoms with Gasteiger partial charge in [-0.2, -0.15) is 0 Å². The highest BCUT2D eigenvalue weighted by Crippen LogP contribution is 2.25. The van der Waals surface area contributed by atoms with Crippen LogP contribution in [0.2, 0.25) is 0 Å². The van der Waals surface area contributed by atoms with Gasteiger partial charge >= 0.3 is 5.97 Å². The van der Waals surface area contributed by atoms with Gasteiger partial charge in [0.25, 0.3) is 5.91 Å². The predicted octanol–water partition coefficient (Wildman–Crippen LogP) is 2.19. The second-order valence-electron chi connectivity index (χ2n) is 7.41. The number of aromatic nitrogens is 1. The molecule has 1 atom stereocenters. The van der Waals surface area contributed by atoms with Crippen LogP contribution in [0.3, 0.4) is 0 Å². The summed E-state index contributed by atoms with van der Waals surface area (Å²) in [4.78, 5) is 43.5. The van der Waals surface area contributed by atoms with Gasteiger partial charge in [-0.05, 0) is 51.5 Å². The summed E-state index contributed by atoms with van der Waals surface area (Å²) in [6.45, 7) is 6.03. The van der Waals surface area contributed by atoms with Crippen molar-refractivity contribution in [3.63, 3.8) is 0 Å². The summed E-state index contributed by atoms with van der Waals surface area (Å²) in [7, 11) is 0. The van der Waals surface area contributed by atoms with Crippen molar-refractivity contribution in [3.8, 4) is 0 Å². The maximum atomic E-state index is 13.0. The number of likely N-dealkylation sites (tertiary alicyclic amines) is 2. The Bertz CT molecular complexity index is 719. The third-order valence-corrected chi connectivity index (χ3v) is 5.59. The van der Waals surface area contributed by atoms with Gasteiger partial charge in [-0.15, -0.1) is 0 Å². The summed E-state index contributed by atoms with van der Waals surface area (Å²) in [5.41, 5.74) is 1.51. The molecule has 26 heavy (non-hydrogen) atoms. The Morgan fingerprint density at radius 2 is 1.65 bits per heavy atom. The largest absolute Gasteiger partial charge is 0.477 e. The van der Waals surface area contributed by atoms with Crippen LogP contribution in [0.1, 0.15) is 64.2 Å². The third kappa shape index (κ3) is 3.48. The van der Waals surface area contributed by atoms with Gasteiger partial charge in [-0.3, -0.25) is 9.59 Å². The van der Waals surface area contributed by atoms with Crippen molar-refractivity contribution >= 4 is 17.8 Å². The molecule has 1 aromatic heterocycles. The fraction of sp³-hybridized carbons (Fsp3) is 0.632. The van der Waals surface area contributed by atoms with Crippen molar-refractivity contribution in [2.24, 2.45) is 5.92 Å². The summed E-state index contributed by atoms with van der Waals surface area (Å²) < 4.78 is 0. The zero-order chi connectivity index (χ0) is 18.8.